The van der Waals surface area contributed by atoms with Gasteiger partial charge in [-0.05, 0) is 42.3 Å². The highest BCUT2D eigenvalue weighted by molar-refractivity contribution is 5.55. The molecule has 4 rings (SSSR count). The zero-order valence-corrected chi connectivity index (χ0v) is 14.8. The van der Waals surface area contributed by atoms with Crippen molar-refractivity contribution in [2.45, 2.75) is 31.2 Å². The van der Waals surface area contributed by atoms with Gasteiger partial charge in [-0.2, -0.15) is 4.80 Å². The van der Waals surface area contributed by atoms with Crippen LogP contribution in [-0.4, -0.2) is 43.3 Å². The Labute approximate surface area is 156 Å². The Morgan fingerprint density at radius 2 is 2.11 bits per heavy atom. The van der Waals surface area contributed by atoms with Crippen LogP contribution in [-0.2, 0) is 12.0 Å². The van der Waals surface area contributed by atoms with E-state index < -0.39 is 0 Å². The monoisotopic (exact) mass is 368 g/mol. The van der Waals surface area contributed by atoms with Gasteiger partial charge in [0, 0.05) is 36.5 Å². The number of nitrogens with one attached hydrogen (secondary N) is 1. The van der Waals surface area contributed by atoms with E-state index in [1.165, 1.54) is 10.9 Å². The van der Waals surface area contributed by atoms with Gasteiger partial charge >= 0.3 is 0 Å². The highest BCUT2D eigenvalue weighted by Crippen LogP contribution is 2.43. The zero-order valence-electron chi connectivity index (χ0n) is 14.8. The van der Waals surface area contributed by atoms with Gasteiger partial charge in [0.2, 0.25) is 5.82 Å². The molecule has 3 aromatic rings. The maximum atomic E-state index is 14.2. The van der Waals surface area contributed by atoms with Crippen molar-refractivity contribution in [1.29, 1.82) is 0 Å². The van der Waals surface area contributed by atoms with Crippen molar-refractivity contribution < 1.29 is 4.39 Å². The van der Waals surface area contributed by atoms with Crippen LogP contribution in [0.4, 0.5) is 10.2 Å². The summed E-state index contributed by atoms with van der Waals surface area (Å²) in [6, 6.07) is 6.84. The third kappa shape index (κ3) is 3.50. The number of anilines is 1. The minimum absolute atomic E-state index is 0.242. The van der Waals surface area contributed by atoms with E-state index in [4.69, 9.17) is 5.73 Å². The lowest BCUT2D eigenvalue weighted by Gasteiger charge is -2.41. The van der Waals surface area contributed by atoms with Crippen molar-refractivity contribution in [3.8, 4) is 11.4 Å². The second-order valence-electron chi connectivity index (χ2n) is 6.75. The molecular formula is C18H21FN8. The third-order valence-corrected chi connectivity index (χ3v) is 4.98. The summed E-state index contributed by atoms with van der Waals surface area (Å²) < 4.78 is 14.2. The Hall–Kier alpha value is -2.94. The van der Waals surface area contributed by atoms with E-state index >= 15 is 0 Å². The van der Waals surface area contributed by atoms with E-state index in [-0.39, 0.29) is 11.2 Å². The quantitative estimate of drug-likeness (QED) is 0.654. The standard InChI is InChI=1S/C18H21FN8/c19-14-3-1-9-21-16(14)18(6-2-7-18)12-23-15-5-4-13(11-22-15)17-24-26-27(25-17)10-8-20/h1,3-5,9,11H,2,6-8,10,12,20H2,(H,22,23). The normalized spacial score (nSPS) is 15.3. The van der Waals surface area contributed by atoms with E-state index in [1.54, 1.807) is 18.5 Å². The number of aromatic nitrogens is 6. The second kappa shape index (κ2) is 7.36. The van der Waals surface area contributed by atoms with Gasteiger partial charge in [0.1, 0.15) is 11.6 Å². The molecule has 27 heavy (non-hydrogen) atoms. The van der Waals surface area contributed by atoms with E-state index in [0.717, 1.165) is 30.6 Å². The summed E-state index contributed by atoms with van der Waals surface area (Å²) in [6.45, 7) is 1.57. The molecule has 0 atom stereocenters. The highest BCUT2D eigenvalue weighted by atomic mass is 19.1. The average Bonchev–Trinajstić information content (AvgIpc) is 3.12. The average molecular weight is 368 g/mol. The summed E-state index contributed by atoms with van der Waals surface area (Å²) in [7, 11) is 0. The molecule has 0 amide bonds. The molecule has 1 aliphatic carbocycles. The maximum Gasteiger partial charge on any atom is 0.206 e. The summed E-state index contributed by atoms with van der Waals surface area (Å²) >= 11 is 0. The van der Waals surface area contributed by atoms with E-state index in [0.29, 0.717) is 31.2 Å². The molecule has 0 aromatic carbocycles. The fraction of sp³-hybridized carbons (Fsp3) is 0.389. The zero-order chi connectivity index (χ0) is 18.7. The molecular weight excluding hydrogens is 347 g/mol. The van der Waals surface area contributed by atoms with Crippen LogP contribution < -0.4 is 11.1 Å². The number of nitrogens with zero attached hydrogens (tertiary/aromatic N) is 6. The van der Waals surface area contributed by atoms with Gasteiger partial charge in [-0.3, -0.25) is 4.98 Å². The first-order valence-corrected chi connectivity index (χ1v) is 8.99. The summed E-state index contributed by atoms with van der Waals surface area (Å²) in [4.78, 5) is 10.2. The van der Waals surface area contributed by atoms with Crippen LogP contribution in [0.3, 0.4) is 0 Å². The third-order valence-electron chi connectivity index (χ3n) is 4.98. The molecule has 0 bridgehead atoms. The Bertz CT molecular complexity index is 904. The van der Waals surface area contributed by atoms with Crippen LogP contribution in [0.15, 0.2) is 36.7 Å². The first kappa shape index (κ1) is 17.5. The Morgan fingerprint density at radius 3 is 2.78 bits per heavy atom. The first-order valence-electron chi connectivity index (χ1n) is 8.99. The van der Waals surface area contributed by atoms with Crippen LogP contribution in [0.1, 0.15) is 25.0 Å². The van der Waals surface area contributed by atoms with Gasteiger partial charge < -0.3 is 11.1 Å². The summed E-state index contributed by atoms with van der Waals surface area (Å²) in [5.41, 5.74) is 6.54. The van der Waals surface area contributed by atoms with Crippen molar-refractivity contribution in [2.75, 3.05) is 18.4 Å². The predicted octanol–water partition coefficient (Wildman–Crippen LogP) is 1.76. The Balaban J connectivity index is 1.44. The fourth-order valence-electron chi connectivity index (χ4n) is 3.34. The van der Waals surface area contributed by atoms with Crippen LogP contribution in [0, 0.1) is 5.82 Å². The number of hydrogen-bond acceptors (Lipinski definition) is 7. The molecule has 0 unspecified atom stereocenters. The number of nitrogens with two attached hydrogens (primary N) is 1. The van der Waals surface area contributed by atoms with Crippen molar-refractivity contribution in [1.82, 2.24) is 30.2 Å². The van der Waals surface area contributed by atoms with Crippen LogP contribution in [0.5, 0.6) is 0 Å². The van der Waals surface area contributed by atoms with Gasteiger partial charge in [0.15, 0.2) is 0 Å². The molecule has 0 radical (unpaired) electrons. The molecule has 0 aliphatic heterocycles. The number of hydrogen-bond donors (Lipinski definition) is 2. The predicted molar refractivity (Wildman–Crippen MR) is 98.3 cm³/mol. The maximum absolute atomic E-state index is 14.2. The van der Waals surface area contributed by atoms with Gasteiger partial charge in [-0.25, -0.2) is 9.37 Å². The second-order valence-corrected chi connectivity index (χ2v) is 6.75. The lowest BCUT2D eigenvalue weighted by molar-refractivity contribution is 0.243. The molecule has 3 aromatic heterocycles. The largest absolute Gasteiger partial charge is 0.369 e. The number of halogens is 1. The van der Waals surface area contributed by atoms with E-state index in [9.17, 15) is 4.39 Å². The van der Waals surface area contributed by atoms with Gasteiger partial charge in [-0.15, -0.1) is 10.2 Å². The molecule has 9 heteroatoms. The number of pyridine rings is 2. The molecule has 3 heterocycles. The highest BCUT2D eigenvalue weighted by Gasteiger charge is 2.41. The molecule has 3 N–H and O–H groups in total. The van der Waals surface area contributed by atoms with Gasteiger partial charge in [0.05, 0.1) is 12.2 Å². The smallest absolute Gasteiger partial charge is 0.206 e. The SMILES string of the molecule is NCCn1nnc(-c2ccc(NCC3(c4ncccc4F)CCC3)nc2)n1. The minimum atomic E-state index is -0.266. The lowest BCUT2D eigenvalue weighted by atomic mass is 9.66. The Kier molecular flexibility index (Phi) is 4.76. The summed E-state index contributed by atoms with van der Waals surface area (Å²) in [5.74, 6) is 0.984. The van der Waals surface area contributed by atoms with Crippen LogP contribution in [0.2, 0.25) is 0 Å². The van der Waals surface area contributed by atoms with Gasteiger partial charge in [-0.1, -0.05) is 6.42 Å². The molecule has 8 nitrogen and oxygen atoms in total. The van der Waals surface area contributed by atoms with Crippen molar-refractivity contribution in [3.05, 3.63) is 48.2 Å². The number of tetrazole rings is 1. The van der Waals surface area contributed by atoms with Crippen molar-refractivity contribution >= 4 is 5.82 Å². The molecule has 0 saturated heterocycles. The van der Waals surface area contributed by atoms with Crippen molar-refractivity contribution in [3.63, 3.8) is 0 Å². The number of rotatable bonds is 7. The lowest BCUT2D eigenvalue weighted by Crippen LogP contribution is -2.42. The van der Waals surface area contributed by atoms with E-state index in [2.05, 4.69) is 30.7 Å². The topological polar surface area (TPSA) is 107 Å². The molecule has 140 valence electrons. The van der Waals surface area contributed by atoms with Crippen LogP contribution in [0.25, 0.3) is 11.4 Å². The molecule has 1 saturated carbocycles. The minimum Gasteiger partial charge on any atom is -0.369 e. The van der Waals surface area contributed by atoms with Gasteiger partial charge in [0.25, 0.3) is 0 Å². The molecule has 0 spiro atoms. The summed E-state index contributed by atoms with van der Waals surface area (Å²) in [5, 5.41) is 15.5. The van der Waals surface area contributed by atoms with E-state index in [1.807, 2.05) is 12.1 Å². The summed E-state index contributed by atoms with van der Waals surface area (Å²) in [6.07, 6.45) is 6.26. The fourth-order valence-corrected chi connectivity index (χ4v) is 3.34. The molecule has 1 fully saturated rings. The van der Waals surface area contributed by atoms with Crippen LogP contribution >= 0.6 is 0 Å². The van der Waals surface area contributed by atoms with Crippen molar-refractivity contribution in [2.24, 2.45) is 5.73 Å². The molecule has 1 aliphatic rings. The first-order chi connectivity index (χ1) is 13.2. The Morgan fingerprint density at radius 1 is 1.22 bits per heavy atom.